The number of nitrogens with zero attached hydrogens (tertiary/aromatic N) is 1. The highest BCUT2D eigenvalue weighted by Crippen LogP contribution is 2.17. The monoisotopic (exact) mass is 262 g/mol. The normalized spacial score (nSPS) is 22.6. The van der Waals surface area contributed by atoms with Crippen molar-refractivity contribution < 1.29 is 13.2 Å². The maximum atomic E-state index is 11.9. The molecule has 1 amide bonds. The molecule has 1 fully saturated rings. The molecule has 0 aromatic heterocycles. The van der Waals surface area contributed by atoms with Crippen molar-refractivity contribution in [3.63, 3.8) is 0 Å². The van der Waals surface area contributed by atoms with Crippen molar-refractivity contribution in [2.24, 2.45) is 0 Å². The zero-order valence-corrected chi connectivity index (χ0v) is 11.4. The summed E-state index contributed by atoms with van der Waals surface area (Å²) in [6.45, 7) is 5.62. The fraction of sp³-hybridized carbons (Fsp3) is 0.909. The number of sulfone groups is 1. The summed E-state index contributed by atoms with van der Waals surface area (Å²) in [5.74, 6) is 0.340. The zero-order valence-electron chi connectivity index (χ0n) is 10.6. The van der Waals surface area contributed by atoms with E-state index in [1.807, 2.05) is 13.8 Å². The second kappa shape index (κ2) is 6.35. The Morgan fingerprint density at radius 1 is 1.41 bits per heavy atom. The second-order valence-electron chi connectivity index (χ2n) is 4.41. The fourth-order valence-electron chi connectivity index (χ4n) is 2.13. The molecule has 1 unspecified atom stereocenters. The first kappa shape index (κ1) is 14.4. The summed E-state index contributed by atoms with van der Waals surface area (Å²) < 4.78 is 22.8. The molecule has 1 saturated heterocycles. The lowest BCUT2D eigenvalue weighted by Gasteiger charge is -2.27. The first-order chi connectivity index (χ1) is 8.00. The Kier molecular flexibility index (Phi) is 5.39. The van der Waals surface area contributed by atoms with Crippen molar-refractivity contribution in [1.29, 1.82) is 0 Å². The minimum absolute atomic E-state index is 0.00282. The molecule has 100 valence electrons. The summed E-state index contributed by atoms with van der Waals surface area (Å²) in [7, 11) is -2.92. The highest BCUT2D eigenvalue weighted by atomic mass is 32.2. The minimum Gasteiger partial charge on any atom is -0.338 e. The third kappa shape index (κ3) is 4.27. The van der Waals surface area contributed by atoms with Crippen LogP contribution < -0.4 is 5.32 Å². The topological polar surface area (TPSA) is 66.5 Å². The van der Waals surface area contributed by atoms with Gasteiger partial charge in [0.25, 0.3) is 0 Å². The Labute approximate surface area is 103 Å². The summed E-state index contributed by atoms with van der Waals surface area (Å²) in [4.78, 5) is 13.6. The van der Waals surface area contributed by atoms with Gasteiger partial charge in [-0.3, -0.25) is 4.79 Å². The van der Waals surface area contributed by atoms with Gasteiger partial charge in [0.05, 0.1) is 18.1 Å². The van der Waals surface area contributed by atoms with Crippen molar-refractivity contribution in [3.05, 3.63) is 0 Å². The summed E-state index contributed by atoms with van der Waals surface area (Å²) >= 11 is 0. The second-order valence-corrected chi connectivity index (χ2v) is 6.64. The Bertz CT molecular complexity index is 354. The quantitative estimate of drug-likeness (QED) is 0.685. The summed E-state index contributed by atoms with van der Waals surface area (Å²) in [5, 5.41) is 3.05. The summed E-state index contributed by atoms with van der Waals surface area (Å²) in [6, 6.07) is -0.124. The van der Waals surface area contributed by atoms with Crippen LogP contribution in [0.25, 0.3) is 0 Å². The predicted octanol–water partition coefficient (Wildman–Crippen LogP) is 0.0216. The Hall–Kier alpha value is -0.620. The molecule has 1 rings (SSSR count). The maximum absolute atomic E-state index is 11.9. The van der Waals surface area contributed by atoms with Gasteiger partial charge in [0.15, 0.2) is 9.84 Å². The molecular weight excluding hydrogens is 240 g/mol. The Morgan fingerprint density at radius 2 is 2.12 bits per heavy atom. The molecule has 1 aliphatic heterocycles. The fourth-order valence-corrected chi connectivity index (χ4v) is 3.86. The van der Waals surface area contributed by atoms with Gasteiger partial charge in [-0.2, -0.15) is 0 Å². The summed E-state index contributed by atoms with van der Waals surface area (Å²) in [5.41, 5.74) is 0. The van der Waals surface area contributed by atoms with E-state index >= 15 is 0 Å². The van der Waals surface area contributed by atoms with Crippen LogP contribution in [0.5, 0.6) is 0 Å². The number of hydrogen-bond acceptors (Lipinski definition) is 4. The first-order valence-electron chi connectivity index (χ1n) is 6.20. The largest absolute Gasteiger partial charge is 0.338 e. The molecule has 1 heterocycles. The smallest absolute Gasteiger partial charge is 0.236 e. The van der Waals surface area contributed by atoms with Crippen LogP contribution in [0.15, 0.2) is 0 Å². The Morgan fingerprint density at radius 3 is 2.59 bits per heavy atom. The van der Waals surface area contributed by atoms with Crippen LogP contribution in [0, 0.1) is 0 Å². The van der Waals surface area contributed by atoms with E-state index in [-0.39, 0.29) is 23.5 Å². The van der Waals surface area contributed by atoms with E-state index in [1.54, 1.807) is 4.90 Å². The number of amides is 1. The van der Waals surface area contributed by atoms with E-state index in [1.165, 1.54) is 0 Å². The average Bonchev–Trinajstić information content (AvgIpc) is 2.60. The number of likely N-dealkylation sites (N-methyl/N-ethyl adjacent to an activating group) is 1. The van der Waals surface area contributed by atoms with Gasteiger partial charge in [-0.15, -0.1) is 0 Å². The van der Waals surface area contributed by atoms with Crippen molar-refractivity contribution in [2.75, 3.05) is 31.1 Å². The van der Waals surface area contributed by atoms with E-state index in [9.17, 15) is 13.2 Å². The van der Waals surface area contributed by atoms with Gasteiger partial charge in [0.2, 0.25) is 5.91 Å². The molecule has 1 N–H and O–H groups in total. The van der Waals surface area contributed by atoms with Crippen molar-refractivity contribution >= 4 is 15.7 Å². The van der Waals surface area contributed by atoms with E-state index < -0.39 is 9.84 Å². The molecule has 6 heteroatoms. The van der Waals surface area contributed by atoms with Crippen LogP contribution in [0.3, 0.4) is 0 Å². The van der Waals surface area contributed by atoms with Crippen molar-refractivity contribution in [1.82, 2.24) is 10.2 Å². The standard InChI is InChI=1S/C11H22N2O3S/c1-3-6-12-8-11(14)13(4-2)10-5-7-17(15,16)9-10/h10,12H,3-9H2,1-2H3. The van der Waals surface area contributed by atoms with Gasteiger partial charge in [-0.05, 0) is 26.3 Å². The zero-order chi connectivity index (χ0) is 12.9. The molecule has 1 aliphatic rings. The van der Waals surface area contributed by atoms with Crippen LogP contribution >= 0.6 is 0 Å². The first-order valence-corrected chi connectivity index (χ1v) is 8.03. The highest BCUT2D eigenvalue weighted by Gasteiger charge is 2.33. The molecule has 1 atom stereocenters. The van der Waals surface area contributed by atoms with E-state index in [0.717, 1.165) is 13.0 Å². The maximum Gasteiger partial charge on any atom is 0.236 e. The molecule has 17 heavy (non-hydrogen) atoms. The summed E-state index contributed by atoms with van der Waals surface area (Å²) in [6.07, 6.45) is 1.56. The van der Waals surface area contributed by atoms with Crippen LogP contribution in [0.2, 0.25) is 0 Å². The molecule has 0 radical (unpaired) electrons. The van der Waals surface area contributed by atoms with Gasteiger partial charge >= 0.3 is 0 Å². The highest BCUT2D eigenvalue weighted by molar-refractivity contribution is 7.91. The minimum atomic E-state index is -2.92. The Balaban J connectivity index is 2.50. The van der Waals surface area contributed by atoms with E-state index in [4.69, 9.17) is 0 Å². The lowest BCUT2D eigenvalue weighted by atomic mass is 10.2. The SMILES string of the molecule is CCCNCC(=O)N(CC)C1CCS(=O)(=O)C1. The van der Waals surface area contributed by atoms with Gasteiger partial charge in [-0.25, -0.2) is 8.42 Å². The van der Waals surface area contributed by atoms with E-state index in [0.29, 0.717) is 19.5 Å². The molecule has 0 aromatic carbocycles. The molecular formula is C11H22N2O3S. The van der Waals surface area contributed by atoms with Gasteiger partial charge in [0, 0.05) is 12.6 Å². The van der Waals surface area contributed by atoms with Crippen LogP contribution in [-0.2, 0) is 14.6 Å². The molecule has 0 bridgehead atoms. The van der Waals surface area contributed by atoms with Gasteiger partial charge < -0.3 is 10.2 Å². The lowest BCUT2D eigenvalue weighted by Crippen LogP contribution is -2.45. The number of hydrogen-bond donors (Lipinski definition) is 1. The average molecular weight is 262 g/mol. The molecule has 5 nitrogen and oxygen atoms in total. The van der Waals surface area contributed by atoms with Crippen LogP contribution in [-0.4, -0.2) is 56.4 Å². The number of carbonyl (C=O) groups is 1. The third-order valence-corrected chi connectivity index (χ3v) is 4.76. The van der Waals surface area contributed by atoms with Crippen molar-refractivity contribution in [2.45, 2.75) is 32.7 Å². The molecule has 0 aliphatic carbocycles. The lowest BCUT2D eigenvalue weighted by molar-refractivity contribution is -0.131. The van der Waals surface area contributed by atoms with Gasteiger partial charge in [0.1, 0.15) is 0 Å². The molecule has 0 spiro atoms. The number of nitrogens with one attached hydrogen (secondary N) is 1. The predicted molar refractivity (Wildman–Crippen MR) is 67.6 cm³/mol. The number of rotatable bonds is 6. The molecule has 0 saturated carbocycles. The molecule has 0 aromatic rings. The van der Waals surface area contributed by atoms with Crippen molar-refractivity contribution in [3.8, 4) is 0 Å². The van der Waals surface area contributed by atoms with Crippen LogP contribution in [0.1, 0.15) is 26.7 Å². The van der Waals surface area contributed by atoms with Crippen LogP contribution in [0.4, 0.5) is 0 Å². The van der Waals surface area contributed by atoms with E-state index in [2.05, 4.69) is 5.32 Å². The third-order valence-electron chi connectivity index (χ3n) is 3.01. The number of carbonyl (C=O) groups excluding carboxylic acids is 1. The van der Waals surface area contributed by atoms with Gasteiger partial charge in [-0.1, -0.05) is 6.92 Å².